The molecule has 0 atom stereocenters. The fourth-order valence-electron chi connectivity index (χ4n) is 6.57. The minimum atomic E-state index is -5.08. The summed E-state index contributed by atoms with van der Waals surface area (Å²) in [4.78, 5) is 0. The zero-order chi connectivity index (χ0) is 39.1. The highest BCUT2D eigenvalue weighted by molar-refractivity contribution is 7.49. The van der Waals surface area contributed by atoms with Crippen molar-refractivity contribution in [1.82, 2.24) is 0 Å². The van der Waals surface area contributed by atoms with Crippen LogP contribution in [0, 0.1) is 0 Å². The third-order valence-corrected chi connectivity index (χ3v) is 11.0. The molecule has 3 rings (SSSR count). The maximum atomic E-state index is 15.0. The second-order valence-electron chi connectivity index (χ2n) is 13.9. The summed E-state index contributed by atoms with van der Waals surface area (Å²) >= 11 is 0. The molecule has 0 saturated carbocycles. The van der Waals surface area contributed by atoms with Gasteiger partial charge in [-0.1, -0.05) is 80.1 Å². The molecule has 0 radical (unpaired) electrons. The highest BCUT2D eigenvalue weighted by Gasteiger charge is 2.39. The van der Waals surface area contributed by atoms with Crippen LogP contribution < -0.4 is 13.6 Å². The average molecular weight is 759 g/mol. The first-order valence-corrected chi connectivity index (χ1v) is 21.2. The molecule has 0 unspecified atom stereocenters. The normalized spacial score (nSPS) is 11.6. The molecule has 3 aromatic carbocycles. The Morgan fingerprint density at radius 1 is 0.396 bits per heavy atom. The van der Waals surface area contributed by atoms with Crippen molar-refractivity contribution in [2.45, 2.75) is 157 Å². The van der Waals surface area contributed by atoms with Gasteiger partial charge < -0.3 is 44.2 Å². The van der Waals surface area contributed by atoms with Crippen LogP contribution in [0.25, 0.3) is 0 Å². The Bertz CT molecular complexity index is 1490. The molecule has 0 bridgehead atoms. The van der Waals surface area contributed by atoms with E-state index in [2.05, 4.69) is 0 Å². The number of phosphoric ester groups is 1. The van der Waals surface area contributed by atoms with E-state index in [4.69, 9.17) is 13.6 Å². The van der Waals surface area contributed by atoms with E-state index in [1.165, 1.54) is 0 Å². The van der Waals surface area contributed by atoms with Crippen molar-refractivity contribution in [2.75, 3.05) is 0 Å². The summed E-state index contributed by atoms with van der Waals surface area (Å²) in [5, 5.41) is 68.3. The molecule has 296 valence electrons. The van der Waals surface area contributed by atoms with Crippen molar-refractivity contribution in [1.29, 1.82) is 0 Å². The molecule has 0 saturated heterocycles. The number of rotatable bonds is 24. The van der Waals surface area contributed by atoms with Crippen LogP contribution in [0.2, 0.25) is 0 Å². The van der Waals surface area contributed by atoms with Gasteiger partial charge in [-0.15, -0.1) is 0 Å². The minimum Gasteiger partial charge on any atom is -0.508 e. The second-order valence-corrected chi connectivity index (χ2v) is 15.4. The molecule has 0 amide bonds. The van der Waals surface area contributed by atoms with Gasteiger partial charge in [-0.05, 0) is 77.0 Å². The number of benzene rings is 3. The van der Waals surface area contributed by atoms with Crippen molar-refractivity contribution in [3.63, 3.8) is 0 Å². The van der Waals surface area contributed by atoms with Gasteiger partial charge in [-0.25, -0.2) is 0 Å². The Labute approximate surface area is 316 Å². The van der Waals surface area contributed by atoms with E-state index in [1.54, 1.807) is 0 Å². The number of phosphoric acid groups is 1. The van der Waals surface area contributed by atoms with Gasteiger partial charge >= 0.3 is 7.82 Å². The van der Waals surface area contributed by atoms with E-state index in [0.717, 1.165) is 76.0 Å². The van der Waals surface area contributed by atoms with Gasteiger partial charge in [0.25, 0.3) is 0 Å². The lowest BCUT2D eigenvalue weighted by Gasteiger charge is -2.24. The van der Waals surface area contributed by atoms with Crippen molar-refractivity contribution in [2.24, 2.45) is 0 Å². The van der Waals surface area contributed by atoms with E-state index in [-0.39, 0.29) is 51.7 Å². The van der Waals surface area contributed by atoms with Crippen LogP contribution in [-0.2, 0) is 43.1 Å². The van der Waals surface area contributed by atoms with Gasteiger partial charge in [-0.2, -0.15) is 4.57 Å². The molecule has 6 N–H and O–H groups in total. The van der Waals surface area contributed by atoms with Crippen LogP contribution in [0.3, 0.4) is 0 Å². The molecule has 10 nitrogen and oxygen atoms in total. The van der Waals surface area contributed by atoms with E-state index in [0.29, 0.717) is 91.2 Å². The van der Waals surface area contributed by atoms with Crippen LogP contribution in [0.4, 0.5) is 0 Å². The van der Waals surface area contributed by atoms with E-state index in [9.17, 15) is 30.6 Å². The second kappa shape index (κ2) is 21.1. The molecule has 11 heteroatoms. The van der Waals surface area contributed by atoms with Gasteiger partial charge in [0.1, 0.15) is 17.2 Å². The van der Waals surface area contributed by atoms with Gasteiger partial charge in [0, 0.05) is 51.6 Å². The van der Waals surface area contributed by atoms with Crippen LogP contribution >= 0.6 is 7.82 Å². The molecular weight excluding hydrogens is 695 g/mol. The van der Waals surface area contributed by atoms with Crippen LogP contribution in [0.15, 0.2) is 18.2 Å². The standard InChI is InChI=1S/C42H63O10P/c1-7-13-19-28-31(22-16-10-4)40(46)37(25-34(28)43)50-53(49,51-38-26-35(44)29(20-14-8-2)32(41(38)47)23-17-11-5)52-39-27-36(45)30(21-15-9-3)33(42(39)48)24-18-12-6/h25-27,43-48H,7-24H2,1-6H3. The Morgan fingerprint density at radius 3 is 0.811 bits per heavy atom. The minimum absolute atomic E-state index is 0.158. The van der Waals surface area contributed by atoms with E-state index < -0.39 is 7.82 Å². The number of aromatic hydroxyl groups is 6. The predicted octanol–water partition coefficient (Wildman–Crippen LogP) is 11.6. The maximum Gasteiger partial charge on any atom is 0.647 e. The fourth-order valence-corrected chi connectivity index (χ4v) is 7.82. The number of phenolic OH excluding ortho intramolecular Hbond substituents is 6. The maximum absolute atomic E-state index is 15.0. The number of hydrogen-bond donors (Lipinski definition) is 6. The van der Waals surface area contributed by atoms with Crippen LogP contribution in [0.1, 0.15) is 152 Å². The zero-order valence-corrected chi connectivity index (χ0v) is 33.6. The smallest absolute Gasteiger partial charge is 0.508 e. The quantitative estimate of drug-likeness (QED) is 0.0382. The third kappa shape index (κ3) is 11.3. The Balaban J connectivity index is 2.28. The molecule has 0 heterocycles. The molecule has 0 aromatic heterocycles. The summed E-state index contributed by atoms with van der Waals surface area (Å²) in [5.41, 5.74) is 3.06. The predicted molar refractivity (Wildman–Crippen MR) is 210 cm³/mol. The SMILES string of the molecule is CCCCc1c(O)cc(OP(=O)(Oc2cc(O)c(CCCC)c(CCCC)c2O)Oc2cc(O)c(CCCC)c(CCCC)c2O)c(O)c1CCCC. The average Bonchev–Trinajstić information content (AvgIpc) is 3.12. The lowest BCUT2D eigenvalue weighted by Crippen LogP contribution is -2.10. The van der Waals surface area contributed by atoms with Crippen LogP contribution in [-0.4, -0.2) is 30.6 Å². The molecule has 0 spiro atoms. The third-order valence-electron chi connectivity index (χ3n) is 9.69. The molecule has 0 aliphatic rings. The van der Waals surface area contributed by atoms with Crippen molar-refractivity contribution >= 4 is 7.82 Å². The van der Waals surface area contributed by atoms with Gasteiger partial charge in [0.2, 0.25) is 0 Å². The summed E-state index contributed by atoms with van der Waals surface area (Å²) in [5.74, 6) is -2.66. The molecule has 0 fully saturated rings. The van der Waals surface area contributed by atoms with Gasteiger partial charge in [-0.3, -0.25) is 0 Å². The van der Waals surface area contributed by atoms with Gasteiger partial charge in [0.15, 0.2) is 34.5 Å². The Morgan fingerprint density at radius 2 is 0.604 bits per heavy atom. The highest BCUT2D eigenvalue weighted by atomic mass is 31.2. The van der Waals surface area contributed by atoms with Crippen molar-refractivity contribution in [3.8, 4) is 51.7 Å². The lowest BCUT2D eigenvalue weighted by molar-refractivity contribution is 0.279. The molecule has 53 heavy (non-hydrogen) atoms. The monoisotopic (exact) mass is 758 g/mol. The van der Waals surface area contributed by atoms with Crippen molar-refractivity contribution < 1.29 is 48.8 Å². The van der Waals surface area contributed by atoms with Crippen LogP contribution in [0.5, 0.6) is 51.7 Å². The largest absolute Gasteiger partial charge is 0.647 e. The first kappa shape index (κ1) is 43.5. The topological polar surface area (TPSA) is 166 Å². The summed E-state index contributed by atoms with van der Waals surface area (Å²) in [6.45, 7) is 12.1. The lowest BCUT2D eigenvalue weighted by atomic mass is 9.95. The molecule has 3 aromatic rings. The molecule has 0 aliphatic carbocycles. The van der Waals surface area contributed by atoms with E-state index in [1.807, 2.05) is 41.5 Å². The summed E-state index contributed by atoms with van der Waals surface area (Å²) in [6.07, 6.45) is 12.3. The first-order chi connectivity index (χ1) is 25.4. The number of hydrogen-bond acceptors (Lipinski definition) is 10. The summed E-state index contributed by atoms with van der Waals surface area (Å²) < 4.78 is 32.8. The van der Waals surface area contributed by atoms with Crippen molar-refractivity contribution in [3.05, 3.63) is 51.6 Å². The highest BCUT2D eigenvalue weighted by Crippen LogP contribution is 2.58. The van der Waals surface area contributed by atoms with Gasteiger partial charge in [0.05, 0.1) is 0 Å². The fraction of sp³-hybridized carbons (Fsp3) is 0.571. The number of unbranched alkanes of at least 4 members (excludes halogenated alkanes) is 6. The Hall–Kier alpha value is -3.91. The molecule has 0 aliphatic heterocycles. The molecular formula is C42H63O10P. The number of phenols is 6. The van der Waals surface area contributed by atoms with E-state index >= 15 is 4.57 Å². The first-order valence-electron chi connectivity index (χ1n) is 19.8. The summed E-state index contributed by atoms with van der Waals surface area (Å²) in [6, 6.07) is 3.47. The summed E-state index contributed by atoms with van der Waals surface area (Å²) in [7, 11) is -5.08. The zero-order valence-electron chi connectivity index (χ0n) is 32.7. The Kier molecular flexibility index (Phi) is 17.3.